The standard InChI is InChI=1S/C18H15ClN2O4S/c1-12-7-9-14(10-8-12)26(22,23)25-16-11-17(19)20-21-18(16)24-15-6-4-3-5-13(15)2/h3-11H,1-2H3. The van der Waals surface area contributed by atoms with Gasteiger partial charge in [0.25, 0.3) is 5.88 Å². The first-order valence-corrected chi connectivity index (χ1v) is 9.41. The maximum absolute atomic E-state index is 12.5. The van der Waals surface area contributed by atoms with Gasteiger partial charge >= 0.3 is 10.1 Å². The van der Waals surface area contributed by atoms with Crippen LogP contribution in [0, 0.1) is 13.8 Å². The molecule has 0 aliphatic rings. The van der Waals surface area contributed by atoms with Crippen molar-refractivity contribution in [2.45, 2.75) is 18.7 Å². The van der Waals surface area contributed by atoms with Crippen LogP contribution in [0.2, 0.25) is 5.15 Å². The van der Waals surface area contributed by atoms with Crippen LogP contribution in [0.1, 0.15) is 11.1 Å². The molecular weight excluding hydrogens is 376 g/mol. The number of aryl methyl sites for hydroxylation is 2. The van der Waals surface area contributed by atoms with Gasteiger partial charge in [-0.05, 0) is 37.6 Å². The van der Waals surface area contributed by atoms with Crippen LogP contribution in [-0.4, -0.2) is 18.6 Å². The van der Waals surface area contributed by atoms with Gasteiger partial charge in [-0.15, -0.1) is 10.2 Å². The van der Waals surface area contributed by atoms with Gasteiger partial charge in [-0.3, -0.25) is 0 Å². The molecule has 0 radical (unpaired) electrons. The van der Waals surface area contributed by atoms with Crippen LogP contribution >= 0.6 is 11.6 Å². The SMILES string of the molecule is Cc1ccc(S(=O)(=O)Oc2cc(Cl)nnc2Oc2ccccc2C)cc1. The van der Waals surface area contributed by atoms with Crippen molar-refractivity contribution in [3.05, 3.63) is 70.9 Å². The van der Waals surface area contributed by atoms with E-state index in [1.807, 2.05) is 26.0 Å². The summed E-state index contributed by atoms with van der Waals surface area (Å²) in [6.07, 6.45) is 0. The fraction of sp³-hybridized carbons (Fsp3) is 0.111. The van der Waals surface area contributed by atoms with Crippen molar-refractivity contribution in [2.24, 2.45) is 0 Å². The van der Waals surface area contributed by atoms with Crippen molar-refractivity contribution in [1.82, 2.24) is 10.2 Å². The van der Waals surface area contributed by atoms with E-state index in [4.69, 9.17) is 20.5 Å². The molecule has 2 aromatic carbocycles. The normalized spacial score (nSPS) is 11.2. The molecule has 0 aliphatic heterocycles. The van der Waals surface area contributed by atoms with Crippen LogP contribution in [0.15, 0.2) is 59.5 Å². The molecule has 0 unspecified atom stereocenters. The highest BCUT2D eigenvalue weighted by Crippen LogP contribution is 2.33. The topological polar surface area (TPSA) is 78.4 Å². The number of hydrogen-bond donors (Lipinski definition) is 0. The highest BCUT2D eigenvalue weighted by molar-refractivity contribution is 7.87. The second-order valence-electron chi connectivity index (χ2n) is 5.55. The lowest BCUT2D eigenvalue weighted by molar-refractivity contribution is 0.413. The number of hydrogen-bond acceptors (Lipinski definition) is 6. The molecule has 1 aromatic heterocycles. The van der Waals surface area contributed by atoms with Crippen molar-refractivity contribution < 1.29 is 17.3 Å². The highest BCUT2D eigenvalue weighted by Gasteiger charge is 2.21. The van der Waals surface area contributed by atoms with Crippen molar-refractivity contribution in [3.8, 4) is 17.4 Å². The summed E-state index contributed by atoms with van der Waals surface area (Å²) in [6, 6.07) is 14.7. The molecule has 134 valence electrons. The third-order valence-electron chi connectivity index (χ3n) is 3.51. The van der Waals surface area contributed by atoms with E-state index in [0.29, 0.717) is 5.75 Å². The zero-order valence-electron chi connectivity index (χ0n) is 14.0. The molecule has 0 saturated heterocycles. The minimum absolute atomic E-state index is 0.0119. The average molecular weight is 391 g/mol. The van der Waals surface area contributed by atoms with Crippen LogP contribution in [-0.2, 0) is 10.1 Å². The second kappa shape index (κ2) is 7.31. The molecule has 0 aliphatic carbocycles. The smallest absolute Gasteiger partial charge is 0.339 e. The Labute approximate surface area is 156 Å². The maximum Gasteiger partial charge on any atom is 0.339 e. The van der Waals surface area contributed by atoms with Crippen molar-refractivity contribution in [3.63, 3.8) is 0 Å². The predicted octanol–water partition coefficient (Wildman–Crippen LogP) is 4.31. The summed E-state index contributed by atoms with van der Waals surface area (Å²) in [5.41, 5.74) is 1.78. The highest BCUT2D eigenvalue weighted by atomic mass is 35.5. The number of para-hydroxylation sites is 1. The Bertz CT molecular complexity index is 1040. The zero-order chi connectivity index (χ0) is 18.7. The van der Waals surface area contributed by atoms with Gasteiger partial charge in [0.05, 0.1) is 0 Å². The number of ether oxygens (including phenoxy) is 1. The first kappa shape index (κ1) is 18.2. The third-order valence-corrected chi connectivity index (χ3v) is 4.94. The fourth-order valence-corrected chi connectivity index (χ4v) is 3.18. The van der Waals surface area contributed by atoms with Crippen LogP contribution in [0.5, 0.6) is 17.4 Å². The third kappa shape index (κ3) is 4.12. The van der Waals surface area contributed by atoms with Gasteiger partial charge in [-0.2, -0.15) is 8.42 Å². The summed E-state index contributed by atoms with van der Waals surface area (Å²) in [4.78, 5) is 0.0119. The molecule has 0 atom stereocenters. The Morgan fingerprint density at radius 3 is 2.31 bits per heavy atom. The Hall–Kier alpha value is -2.64. The predicted molar refractivity (Wildman–Crippen MR) is 97.3 cm³/mol. The monoisotopic (exact) mass is 390 g/mol. The molecule has 0 fully saturated rings. The number of rotatable bonds is 5. The lowest BCUT2D eigenvalue weighted by Crippen LogP contribution is -2.11. The first-order valence-electron chi connectivity index (χ1n) is 7.63. The molecule has 0 amide bonds. The molecule has 26 heavy (non-hydrogen) atoms. The van der Waals surface area contributed by atoms with E-state index >= 15 is 0 Å². The van der Waals surface area contributed by atoms with Gasteiger partial charge in [0.2, 0.25) is 5.75 Å². The fourth-order valence-electron chi connectivity index (χ4n) is 2.12. The Morgan fingerprint density at radius 1 is 0.923 bits per heavy atom. The van der Waals surface area contributed by atoms with Crippen LogP contribution in [0.4, 0.5) is 0 Å². The number of halogens is 1. The average Bonchev–Trinajstić information content (AvgIpc) is 2.59. The van der Waals surface area contributed by atoms with E-state index in [-0.39, 0.29) is 21.7 Å². The van der Waals surface area contributed by atoms with E-state index in [1.54, 1.807) is 24.3 Å². The van der Waals surface area contributed by atoms with E-state index in [9.17, 15) is 8.42 Å². The van der Waals surface area contributed by atoms with E-state index < -0.39 is 10.1 Å². The molecule has 3 rings (SSSR count). The number of benzene rings is 2. The van der Waals surface area contributed by atoms with Crippen LogP contribution < -0.4 is 8.92 Å². The Kier molecular flexibility index (Phi) is 5.11. The lowest BCUT2D eigenvalue weighted by atomic mass is 10.2. The molecule has 6 nitrogen and oxygen atoms in total. The van der Waals surface area contributed by atoms with Gasteiger partial charge < -0.3 is 8.92 Å². The van der Waals surface area contributed by atoms with Crippen molar-refractivity contribution >= 4 is 21.7 Å². The number of aromatic nitrogens is 2. The van der Waals surface area contributed by atoms with Crippen LogP contribution in [0.25, 0.3) is 0 Å². The molecule has 1 heterocycles. The molecule has 0 saturated carbocycles. The Balaban J connectivity index is 1.95. The quantitative estimate of drug-likeness (QED) is 0.604. The summed E-state index contributed by atoms with van der Waals surface area (Å²) < 4.78 is 35.9. The van der Waals surface area contributed by atoms with E-state index in [2.05, 4.69) is 10.2 Å². The van der Waals surface area contributed by atoms with Gasteiger partial charge in [0, 0.05) is 6.07 Å². The van der Waals surface area contributed by atoms with Gasteiger partial charge in [-0.1, -0.05) is 47.5 Å². The molecule has 0 N–H and O–H groups in total. The minimum atomic E-state index is -4.08. The summed E-state index contributed by atoms with van der Waals surface area (Å²) in [7, 11) is -4.08. The van der Waals surface area contributed by atoms with Gasteiger partial charge in [0.15, 0.2) is 5.15 Å². The van der Waals surface area contributed by atoms with Crippen molar-refractivity contribution in [1.29, 1.82) is 0 Å². The summed E-state index contributed by atoms with van der Waals surface area (Å²) in [5, 5.41) is 7.49. The van der Waals surface area contributed by atoms with Crippen molar-refractivity contribution in [2.75, 3.05) is 0 Å². The zero-order valence-corrected chi connectivity index (χ0v) is 15.6. The van der Waals surface area contributed by atoms with Gasteiger partial charge in [0.1, 0.15) is 10.6 Å². The molecule has 0 spiro atoms. The summed E-state index contributed by atoms with van der Waals surface area (Å²) in [6.45, 7) is 3.71. The summed E-state index contributed by atoms with van der Waals surface area (Å²) >= 11 is 5.84. The molecule has 3 aromatic rings. The molecule has 8 heteroatoms. The minimum Gasteiger partial charge on any atom is -0.435 e. The van der Waals surface area contributed by atoms with Gasteiger partial charge in [-0.25, -0.2) is 0 Å². The van der Waals surface area contributed by atoms with E-state index in [0.717, 1.165) is 11.1 Å². The molecular formula is C18H15ClN2O4S. The Morgan fingerprint density at radius 2 is 1.62 bits per heavy atom. The number of nitrogens with zero attached hydrogens (tertiary/aromatic N) is 2. The maximum atomic E-state index is 12.5. The largest absolute Gasteiger partial charge is 0.435 e. The van der Waals surface area contributed by atoms with Crippen LogP contribution in [0.3, 0.4) is 0 Å². The molecule has 0 bridgehead atoms. The van der Waals surface area contributed by atoms with E-state index in [1.165, 1.54) is 18.2 Å². The summed E-state index contributed by atoms with van der Waals surface area (Å²) in [5.74, 6) is 0.259. The second-order valence-corrected chi connectivity index (χ2v) is 7.49. The first-order chi connectivity index (χ1) is 12.3. The lowest BCUT2D eigenvalue weighted by Gasteiger charge is -2.12.